The van der Waals surface area contributed by atoms with Crippen molar-refractivity contribution in [2.45, 2.75) is 4.90 Å². The Balaban J connectivity index is 1.80. The van der Waals surface area contributed by atoms with Crippen LogP contribution >= 0.6 is 23.2 Å². The summed E-state index contributed by atoms with van der Waals surface area (Å²) in [5, 5.41) is 4.19. The maximum Gasteiger partial charge on any atom is 0.271 e. The van der Waals surface area contributed by atoms with Gasteiger partial charge in [0.25, 0.3) is 15.9 Å². The second kappa shape index (κ2) is 8.47. The van der Waals surface area contributed by atoms with Crippen LogP contribution in [0.3, 0.4) is 0 Å². The number of rotatable bonds is 6. The zero-order valence-electron chi connectivity index (χ0n) is 14.1. The minimum atomic E-state index is -4.03. The van der Waals surface area contributed by atoms with E-state index in [1.54, 1.807) is 24.3 Å². The van der Waals surface area contributed by atoms with Gasteiger partial charge in [-0.15, -0.1) is 0 Å². The lowest BCUT2D eigenvalue weighted by molar-refractivity contribution is 0.0955. The number of benzene rings is 2. The molecule has 2 N–H and O–H groups in total. The number of nitrogens with zero attached hydrogens (tertiary/aromatic N) is 1. The van der Waals surface area contributed by atoms with Crippen LogP contribution in [-0.4, -0.2) is 20.5 Å². The van der Waals surface area contributed by atoms with E-state index in [0.717, 1.165) is 0 Å². The lowest BCUT2D eigenvalue weighted by Gasteiger charge is -2.11. The number of hydrogen-bond acceptors (Lipinski definition) is 5. The van der Waals surface area contributed by atoms with Gasteiger partial charge in [-0.2, -0.15) is 5.10 Å². The highest BCUT2D eigenvalue weighted by molar-refractivity contribution is 7.92. The molecule has 3 aromatic rings. The zero-order chi connectivity index (χ0) is 20.1. The molecule has 0 saturated heterocycles. The fraction of sp³-hybridized carbons (Fsp3) is 0. The number of sulfonamides is 1. The molecule has 0 aliphatic carbocycles. The van der Waals surface area contributed by atoms with Crippen molar-refractivity contribution in [2.24, 2.45) is 5.10 Å². The molecule has 1 amide bonds. The monoisotopic (exact) mass is 437 g/mol. The molecular formula is C18H13Cl2N3O4S. The number of furan rings is 1. The summed E-state index contributed by atoms with van der Waals surface area (Å²) < 4.78 is 32.7. The summed E-state index contributed by atoms with van der Waals surface area (Å²) in [4.78, 5) is 12.0. The van der Waals surface area contributed by atoms with Crippen LogP contribution < -0.4 is 10.1 Å². The van der Waals surface area contributed by atoms with Crippen LogP contribution in [0.2, 0.25) is 10.0 Å². The van der Waals surface area contributed by atoms with Crippen LogP contribution in [0.25, 0.3) is 0 Å². The van der Waals surface area contributed by atoms with Crippen molar-refractivity contribution in [1.82, 2.24) is 5.43 Å². The summed E-state index contributed by atoms with van der Waals surface area (Å²) in [5.41, 5.74) is 2.66. The van der Waals surface area contributed by atoms with Gasteiger partial charge in [-0.3, -0.25) is 9.52 Å². The molecule has 0 bridgehead atoms. The molecule has 0 aliphatic rings. The van der Waals surface area contributed by atoms with Gasteiger partial charge in [-0.25, -0.2) is 13.8 Å². The quantitative estimate of drug-likeness (QED) is 0.446. The molecule has 0 radical (unpaired) electrons. The number of nitrogens with one attached hydrogen (secondary N) is 2. The van der Waals surface area contributed by atoms with Crippen molar-refractivity contribution < 1.29 is 17.6 Å². The first-order valence-electron chi connectivity index (χ1n) is 7.80. The van der Waals surface area contributed by atoms with Gasteiger partial charge in [0.1, 0.15) is 10.7 Å². The van der Waals surface area contributed by atoms with Gasteiger partial charge in [-0.1, -0.05) is 23.2 Å². The fourth-order valence-electron chi connectivity index (χ4n) is 2.16. The Labute approximate surface area is 171 Å². The summed E-state index contributed by atoms with van der Waals surface area (Å²) in [6.45, 7) is 0. The highest BCUT2D eigenvalue weighted by Crippen LogP contribution is 2.25. The first kappa shape index (κ1) is 19.9. The highest BCUT2D eigenvalue weighted by atomic mass is 35.5. The molecule has 0 fully saturated rings. The van der Waals surface area contributed by atoms with Crippen LogP contribution in [0, 0.1) is 0 Å². The lowest BCUT2D eigenvalue weighted by Crippen LogP contribution is -2.19. The molecule has 144 valence electrons. The van der Waals surface area contributed by atoms with E-state index in [2.05, 4.69) is 15.2 Å². The van der Waals surface area contributed by atoms with Crippen molar-refractivity contribution in [3.05, 3.63) is 82.2 Å². The Morgan fingerprint density at radius 3 is 2.50 bits per heavy atom. The van der Waals surface area contributed by atoms with Gasteiger partial charge in [-0.05, 0) is 54.6 Å². The molecule has 28 heavy (non-hydrogen) atoms. The Morgan fingerprint density at radius 2 is 1.82 bits per heavy atom. The maximum atomic E-state index is 12.6. The second-order valence-electron chi connectivity index (χ2n) is 5.47. The van der Waals surface area contributed by atoms with Gasteiger partial charge >= 0.3 is 0 Å². The molecule has 0 unspecified atom stereocenters. The summed E-state index contributed by atoms with van der Waals surface area (Å²) >= 11 is 11.8. The molecule has 3 rings (SSSR count). The summed E-state index contributed by atoms with van der Waals surface area (Å²) in [6.07, 6.45) is 2.78. The Kier molecular flexibility index (Phi) is 6.03. The van der Waals surface area contributed by atoms with E-state index in [9.17, 15) is 13.2 Å². The average molecular weight is 438 g/mol. The van der Waals surface area contributed by atoms with E-state index in [0.29, 0.717) is 16.5 Å². The van der Waals surface area contributed by atoms with Gasteiger partial charge in [0.15, 0.2) is 0 Å². The maximum absolute atomic E-state index is 12.6. The first-order valence-corrected chi connectivity index (χ1v) is 10.0. The SMILES string of the molecule is O=C(N/N=C\c1ccco1)c1ccc(Cl)c(S(=O)(=O)Nc2ccc(Cl)cc2)c1. The summed E-state index contributed by atoms with van der Waals surface area (Å²) in [6, 6.07) is 13.3. The number of hydrogen-bond donors (Lipinski definition) is 2. The number of amides is 1. The predicted octanol–water partition coefficient (Wildman–Crippen LogP) is 4.15. The molecule has 0 atom stereocenters. The molecular weight excluding hydrogens is 425 g/mol. The van der Waals surface area contributed by atoms with Crippen molar-refractivity contribution in [3.63, 3.8) is 0 Å². The number of hydrazone groups is 1. The highest BCUT2D eigenvalue weighted by Gasteiger charge is 2.20. The molecule has 1 aromatic heterocycles. The third-order valence-corrected chi connectivity index (χ3v) is 5.60. The third-order valence-electron chi connectivity index (χ3n) is 3.48. The summed E-state index contributed by atoms with van der Waals surface area (Å²) in [5.74, 6) is -0.158. The van der Waals surface area contributed by atoms with Crippen LogP contribution in [0.15, 0.2) is 75.3 Å². The third kappa shape index (κ3) is 4.92. The van der Waals surface area contributed by atoms with E-state index in [4.69, 9.17) is 27.6 Å². The number of carbonyl (C=O) groups excluding carboxylic acids is 1. The van der Waals surface area contributed by atoms with Crippen LogP contribution in [-0.2, 0) is 10.0 Å². The molecule has 2 aromatic carbocycles. The topological polar surface area (TPSA) is 101 Å². The van der Waals surface area contributed by atoms with Crippen molar-refractivity contribution in [1.29, 1.82) is 0 Å². The first-order chi connectivity index (χ1) is 13.3. The molecule has 0 saturated carbocycles. The smallest absolute Gasteiger partial charge is 0.271 e. The van der Waals surface area contributed by atoms with E-state index in [1.807, 2.05) is 0 Å². The molecule has 0 spiro atoms. The van der Waals surface area contributed by atoms with Gasteiger partial charge in [0.2, 0.25) is 0 Å². The second-order valence-corrected chi connectivity index (χ2v) is 7.97. The largest absolute Gasteiger partial charge is 0.463 e. The normalized spacial score (nSPS) is 11.5. The Hall–Kier alpha value is -2.81. The molecule has 1 heterocycles. The average Bonchev–Trinajstić information content (AvgIpc) is 3.17. The van der Waals surface area contributed by atoms with Crippen molar-refractivity contribution in [3.8, 4) is 0 Å². The Morgan fingerprint density at radius 1 is 1.07 bits per heavy atom. The Bertz CT molecular complexity index is 1110. The fourth-order valence-corrected chi connectivity index (χ4v) is 3.87. The molecule has 7 nitrogen and oxygen atoms in total. The van der Waals surface area contributed by atoms with Gasteiger partial charge < -0.3 is 4.42 Å². The molecule has 10 heteroatoms. The standard InChI is InChI=1S/C18H13Cl2N3O4S/c19-13-4-6-14(7-5-13)23-28(25,26)17-10-12(3-8-16(17)20)18(24)22-21-11-15-2-1-9-27-15/h1-11,23H,(H,22,24)/b21-11-. The lowest BCUT2D eigenvalue weighted by atomic mass is 10.2. The molecule has 0 aliphatic heterocycles. The predicted molar refractivity (Wildman–Crippen MR) is 107 cm³/mol. The van der Waals surface area contributed by atoms with E-state index < -0.39 is 15.9 Å². The summed E-state index contributed by atoms with van der Waals surface area (Å²) in [7, 11) is -4.03. The van der Waals surface area contributed by atoms with Gasteiger partial charge in [0, 0.05) is 16.3 Å². The van der Waals surface area contributed by atoms with Crippen LogP contribution in [0.4, 0.5) is 5.69 Å². The van der Waals surface area contributed by atoms with Crippen molar-refractivity contribution >= 4 is 51.0 Å². The van der Waals surface area contributed by atoms with Crippen LogP contribution in [0.1, 0.15) is 16.1 Å². The number of halogens is 2. The zero-order valence-corrected chi connectivity index (χ0v) is 16.4. The van der Waals surface area contributed by atoms with Gasteiger partial charge in [0.05, 0.1) is 17.5 Å². The van der Waals surface area contributed by atoms with E-state index in [-0.39, 0.29) is 15.5 Å². The van der Waals surface area contributed by atoms with Crippen LogP contribution in [0.5, 0.6) is 0 Å². The number of carbonyl (C=O) groups is 1. The number of anilines is 1. The van der Waals surface area contributed by atoms with E-state index in [1.165, 1.54) is 42.8 Å². The van der Waals surface area contributed by atoms with Crippen molar-refractivity contribution in [2.75, 3.05) is 4.72 Å². The van der Waals surface area contributed by atoms with E-state index >= 15 is 0 Å². The minimum absolute atomic E-state index is 0.0305. The minimum Gasteiger partial charge on any atom is -0.463 e.